The number of esters is 1. The molecule has 1 heterocycles. The van der Waals surface area contributed by atoms with Gasteiger partial charge in [-0.1, -0.05) is 23.7 Å². The molecular formula is C18H13ClN2O5. The van der Waals surface area contributed by atoms with Crippen LogP contribution in [0.2, 0.25) is 5.02 Å². The number of nitrogens with zero attached hydrogens (tertiary/aromatic N) is 1. The zero-order valence-electron chi connectivity index (χ0n) is 13.4. The summed E-state index contributed by atoms with van der Waals surface area (Å²) in [5.74, 6) is -0.350. The lowest BCUT2D eigenvalue weighted by atomic mass is 10.2. The second-order valence-corrected chi connectivity index (χ2v) is 5.76. The fourth-order valence-electron chi connectivity index (χ4n) is 2.27. The molecule has 1 aliphatic rings. The van der Waals surface area contributed by atoms with Gasteiger partial charge in [0, 0.05) is 5.02 Å². The molecule has 1 aliphatic heterocycles. The van der Waals surface area contributed by atoms with Crippen molar-refractivity contribution in [2.75, 3.05) is 18.5 Å². The van der Waals surface area contributed by atoms with Crippen molar-refractivity contribution < 1.29 is 23.8 Å². The van der Waals surface area contributed by atoms with Crippen LogP contribution in [0.5, 0.6) is 11.5 Å². The Hall–Kier alpha value is -3.24. The molecule has 3 rings (SSSR count). The van der Waals surface area contributed by atoms with E-state index in [1.165, 1.54) is 18.2 Å². The topological polar surface area (TPSA) is 97.7 Å². The van der Waals surface area contributed by atoms with E-state index in [1.54, 1.807) is 24.3 Å². The SMILES string of the molecule is N#Cc1ccc(Cl)cc1NC(=O)COC(=O)[C@H]1COc2ccccc2O1. The van der Waals surface area contributed by atoms with Crippen molar-refractivity contribution in [2.45, 2.75) is 6.10 Å². The first-order valence-electron chi connectivity index (χ1n) is 7.61. The zero-order chi connectivity index (χ0) is 18.5. The van der Waals surface area contributed by atoms with Gasteiger partial charge < -0.3 is 19.5 Å². The summed E-state index contributed by atoms with van der Waals surface area (Å²) in [6.45, 7) is -0.540. The largest absolute Gasteiger partial charge is 0.485 e. The summed E-state index contributed by atoms with van der Waals surface area (Å²) in [6, 6.07) is 13.3. The third-order valence-corrected chi connectivity index (χ3v) is 3.73. The van der Waals surface area contributed by atoms with E-state index in [2.05, 4.69) is 5.32 Å². The van der Waals surface area contributed by atoms with E-state index < -0.39 is 24.6 Å². The highest BCUT2D eigenvalue weighted by atomic mass is 35.5. The van der Waals surface area contributed by atoms with Crippen molar-refractivity contribution in [3.8, 4) is 17.6 Å². The molecule has 132 valence electrons. The summed E-state index contributed by atoms with van der Waals surface area (Å²) >= 11 is 5.85. The molecule has 0 bridgehead atoms. The van der Waals surface area contributed by atoms with E-state index in [-0.39, 0.29) is 17.9 Å². The van der Waals surface area contributed by atoms with Gasteiger partial charge in [-0.15, -0.1) is 0 Å². The number of benzene rings is 2. The maximum Gasteiger partial charge on any atom is 0.351 e. The average molecular weight is 373 g/mol. The number of carbonyl (C=O) groups excluding carboxylic acids is 2. The molecule has 0 saturated carbocycles. The van der Waals surface area contributed by atoms with Gasteiger partial charge in [-0.25, -0.2) is 4.79 Å². The van der Waals surface area contributed by atoms with E-state index in [0.29, 0.717) is 16.5 Å². The molecule has 0 saturated heterocycles. The highest BCUT2D eigenvalue weighted by Gasteiger charge is 2.29. The predicted octanol–water partition coefficient (Wildman–Crippen LogP) is 2.53. The van der Waals surface area contributed by atoms with Gasteiger partial charge in [0.05, 0.1) is 11.3 Å². The van der Waals surface area contributed by atoms with Gasteiger partial charge in [0.2, 0.25) is 6.10 Å². The third kappa shape index (κ3) is 4.05. The van der Waals surface area contributed by atoms with Crippen molar-refractivity contribution in [3.05, 3.63) is 53.1 Å². The average Bonchev–Trinajstić information content (AvgIpc) is 2.66. The first kappa shape index (κ1) is 17.6. The van der Waals surface area contributed by atoms with Gasteiger partial charge in [-0.05, 0) is 30.3 Å². The molecule has 1 N–H and O–H groups in total. The molecule has 1 atom stereocenters. The normalized spacial score (nSPS) is 14.8. The number of carbonyl (C=O) groups is 2. The number of para-hydroxylation sites is 2. The summed E-state index contributed by atoms with van der Waals surface area (Å²) in [4.78, 5) is 24.0. The molecule has 0 aromatic heterocycles. The number of amides is 1. The molecule has 0 fully saturated rings. The lowest BCUT2D eigenvalue weighted by Gasteiger charge is -2.24. The van der Waals surface area contributed by atoms with Crippen molar-refractivity contribution in [1.82, 2.24) is 0 Å². The molecule has 1 amide bonds. The van der Waals surface area contributed by atoms with Crippen LogP contribution in [0.1, 0.15) is 5.56 Å². The van der Waals surface area contributed by atoms with Crippen molar-refractivity contribution in [3.63, 3.8) is 0 Å². The lowest BCUT2D eigenvalue weighted by Crippen LogP contribution is -2.39. The van der Waals surface area contributed by atoms with E-state index >= 15 is 0 Å². The van der Waals surface area contributed by atoms with E-state index in [1.807, 2.05) is 6.07 Å². The fraction of sp³-hybridized carbons (Fsp3) is 0.167. The Labute approximate surface area is 154 Å². The van der Waals surface area contributed by atoms with Gasteiger partial charge >= 0.3 is 5.97 Å². The Balaban J connectivity index is 1.55. The standard InChI is InChI=1S/C18H13ClN2O5/c19-12-6-5-11(8-20)13(7-12)21-17(22)10-25-18(23)16-9-24-14-3-1-2-4-15(14)26-16/h1-7,16H,9-10H2,(H,21,22)/t16-/m1/s1. The van der Waals surface area contributed by atoms with Gasteiger partial charge in [-0.3, -0.25) is 4.79 Å². The van der Waals surface area contributed by atoms with Crippen molar-refractivity contribution in [2.24, 2.45) is 0 Å². The van der Waals surface area contributed by atoms with Crippen molar-refractivity contribution >= 4 is 29.2 Å². The minimum atomic E-state index is -0.960. The number of hydrogen-bond acceptors (Lipinski definition) is 6. The Morgan fingerprint density at radius 2 is 2.04 bits per heavy atom. The van der Waals surface area contributed by atoms with Crippen LogP contribution in [-0.4, -0.2) is 31.2 Å². The summed E-state index contributed by atoms with van der Waals surface area (Å²) in [7, 11) is 0. The van der Waals surface area contributed by atoms with E-state index in [4.69, 9.17) is 31.1 Å². The maximum absolute atomic E-state index is 12.1. The van der Waals surface area contributed by atoms with Crippen LogP contribution in [0.3, 0.4) is 0 Å². The Bertz CT molecular complexity index is 893. The van der Waals surface area contributed by atoms with E-state index in [9.17, 15) is 9.59 Å². The number of nitriles is 1. The van der Waals surface area contributed by atoms with Gasteiger partial charge in [-0.2, -0.15) is 5.26 Å². The Morgan fingerprint density at radius 3 is 2.81 bits per heavy atom. The lowest BCUT2D eigenvalue weighted by molar-refractivity contribution is -0.156. The second-order valence-electron chi connectivity index (χ2n) is 5.32. The van der Waals surface area contributed by atoms with Crippen LogP contribution in [0.25, 0.3) is 0 Å². The third-order valence-electron chi connectivity index (χ3n) is 3.49. The molecule has 0 unspecified atom stereocenters. The molecule has 2 aromatic carbocycles. The molecular weight excluding hydrogens is 360 g/mol. The van der Waals surface area contributed by atoms with Crippen LogP contribution in [-0.2, 0) is 14.3 Å². The first-order chi connectivity index (χ1) is 12.6. The predicted molar refractivity (Wildman–Crippen MR) is 92.1 cm³/mol. The maximum atomic E-state index is 12.1. The minimum Gasteiger partial charge on any atom is -0.485 e. The van der Waals surface area contributed by atoms with Gasteiger partial charge in [0.15, 0.2) is 18.1 Å². The van der Waals surface area contributed by atoms with Crippen LogP contribution >= 0.6 is 11.6 Å². The van der Waals surface area contributed by atoms with Crippen molar-refractivity contribution in [1.29, 1.82) is 5.26 Å². The number of ether oxygens (including phenoxy) is 3. The highest BCUT2D eigenvalue weighted by molar-refractivity contribution is 6.31. The molecule has 7 nitrogen and oxygen atoms in total. The Morgan fingerprint density at radius 1 is 1.27 bits per heavy atom. The Kier molecular flexibility index (Phi) is 5.25. The number of hydrogen-bond donors (Lipinski definition) is 1. The van der Waals surface area contributed by atoms with Crippen LogP contribution in [0, 0.1) is 11.3 Å². The molecule has 0 aliphatic carbocycles. The molecule has 26 heavy (non-hydrogen) atoms. The summed E-state index contributed by atoms with van der Waals surface area (Å²) in [5, 5.41) is 11.9. The zero-order valence-corrected chi connectivity index (χ0v) is 14.2. The smallest absolute Gasteiger partial charge is 0.351 e. The van der Waals surface area contributed by atoms with E-state index in [0.717, 1.165) is 0 Å². The number of fused-ring (bicyclic) bond motifs is 1. The summed E-state index contributed by atoms with van der Waals surface area (Å²) in [6.07, 6.45) is -0.960. The summed E-state index contributed by atoms with van der Waals surface area (Å²) < 4.78 is 15.9. The number of nitrogens with one attached hydrogen (secondary N) is 1. The van der Waals surface area contributed by atoms with Crippen LogP contribution in [0.15, 0.2) is 42.5 Å². The molecule has 2 aromatic rings. The monoisotopic (exact) mass is 372 g/mol. The number of halogens is 1. The van der Waals surface area contributed by atoms with Crippen LogP contribution < -0.4 is 14.8 Å². The number of anilines is 1. The first-order valence-corrected chi connectivity index (χ1v) is 7.99. The minimum absolute atomic E-state index is 0.00958. The van der Waals surface area contributed by atoms with Crippen LogP contribution in [0.4, 0.5) is 5.69 Å². The van der Waals surface area contributed by atoms with Gasteiger partial charge in [0.25, 0.3) is 5.91 Å². The highest BCUT2D eigenvalue weighted by Crippen LogP contribution is 2.31. The fourth-order valence-corrected chi connectivity index (χ4v) is 2.44. The number of rotatable bonds is 4. The van der Waals surface area contributed by atoms with Gasteiger partial charge in [0.1, 0.15) is 12.7 Å². The molecule has 0 radical (unpaired) electrons. The quantitative estimate of drug-likeness (QED) is 0.828. The summed E-state index contributed by atoms with van der Waals surface area (Å²) in [5.41, 5.74) is 0.488. The second kappa shape index (κ2) is 7.76. The molecule has 8 heteroatoms. The molecule has 0 spiro atoms.